The number of aromatic nitrogens is 3. The van der Waals surface area contributed by atoms with E-state index in [-0.39, 0.29) is 37.4 Å². The molecule has 0 fully saturated rings. The number of nitrogens with zero attached hydrogens (tertiary/aromatic N) is 3. The van der Waals surface area contributed by atoms with Gasteiger partial charge in [-0.05, 0) is 109 Å². The van der Waals surface area contributed by atoms with Gasteiger partial charge in [0.1, 0.15) is 16.9 Å². The van der Waals surface area contributed by atoms with Crippen molar-refractivity contribution in [2.45, 2.75) is 65.7 Å². The number of benzene rings is 9. The summed E-state index contributed by atoms with van der Waals surface area (Å²) in [6.45, 7) is 15.7. The molecule has 4 heterocycles. The summed E-state index contributed by atoms with van der Waals surface area (Å²) in [4.78, 5) is 9.97. The molecule has 0 unspecified atom stereocenters. The molecule has 0 aliphatic carbocycles. The summed E-state index contributed by atoms with van der Waals surface area (Å²) >= 11 is 0. The summed E-state index contributed by atoms with van der Waals surface area (Å²) in [6, 6.07) is 68.5. The average molecular weight is 1110 g/mol. The Hall–Kier alpha value is -7.63. The van der Waals surface area contributed by atoms with Crippen LogP contribution < -0.4 is 0 Å². The van der Waals surface area contributed by atoms with Crippen LogP contribution in [0.1, 0.15) is 77.0 Å². The van der Waals surface area contributed by atoms with Crippen molar-refractivity contribution in [2.24, 2.45) is 0 Å². The van der Waals surface area contributed by atoms with Crippen molar-refractivity contribution >= 4 is 76.3 Å². The maximum atomic E-state index is 6.93. The molecule has 0 aliphatic heterocycles. The van der Waals surface area contributed by atoms with E-state index >= 15 is 0 Å². The number of hydrogen-bond acceptors (Lipinski definition) is 4. The number of rotatable bonds is 6. The average Bonchev–Trinajstić information content (AvgIpc) is 4.12. The predicted molar refractivity (Wildman–Crippen MR) is 296 cm³/mol. The standard InChI is InChI=1S/C51H37N2O2.C15H16N.Ir/c1-29(2)40-25-35(46-27-34-14-7-10-19-45(34)54-46)26-41(30(3)4)48(40)53-49-37-16-9-6-13-32(37)22-23-44(49)52-51(53)39-18-11-17-38-43-24-33-21-20-31-12-5-8-15-36(31)42(33)28-47(43)55-50(38)39;1-15(2,3)13-9-10-14(16-11-13)12-7-5-4-6-8-12;/h5-17,19-30H,1-4H3;4-7,9-11H,1-3H3;/q2*-1;. The van der Waals surface area contributed by atoms with Crippen LogP contribution in [0.15, 0.2) is 191 Å². The molecule has 0 amide bonds. The van der Waals surface area contributed by atoms with Crippen LogP contribution in [-0.4, -0.2) is 14.5 Å². The third kappa shape index (κ3) is 8.19. The fourth-order valence-corrected chi connectivity index (χ4v) is 10.3. The number of pyridine rings is 1. The fraction of sp³-hybridized carbons (Fsp3) is 0.152. The van der Waals surface area contributed by atoms with Crippen LogP contribution in [0, 0.1) is 12.1 Å². The molecule has 0 spiro atoms. The van der Waals surface area contributed by atoms with Gasteiger partial charge in [-0.3, -0.25) is 4.98 Å². The van der Waals surface area contributed by atoms with E-state index in [9.17, 15) is 0 Å². The summed E-state index contributed by atoms with van der Waals surface area (Å²) in [5.74, 6) is 2.08. The minimum atomic E-state index is 0. The quantitative estimate of drug-likeness (QED) is 0.123. The Morgan fingerprint density at radius 1 is 0.542 bits per heavy atom. The van der Waals surface area contributed by atoms with E-state index in [4.69, 9.17) is 13.8 Å². The smallest absolute Gasteiger partial charge is 0.135 e. The van der Waals surface area contributed by atoms with Crippen LogP contribution in [0.2, 0.25) is 0 Å². The second-order valence-electron chi connectivity index (χ2n) is 20.4. The number of furan rings is 2. The van der Waals surface area contributed by atoms with E-state index in [1.165, 1.54) is 43.6 Å². The molecule has 72 heavy (non-hydrogen) atoms. The van der Waals surface area contributed by atoms with E-state index in [1.54, 1.807) is 0 Å². The van der Waals surface area contributed by atoms with Gasteiger partial charge in [-0.1, -0.05) is 156 Å². The Balaban J connectivity index is 0.000000282. The van der Waals surface area contributed by atoms with E-state index in [2.05, 4.69) is 204 Å². The molecule has 355 valence electrons. The van der Waals surface area contributed by atoms with Crippen molar-refractivity contribution in [1.29, 1.82) is 0 Å². The van der Waals surface area contributed by atoms with Gasteiger partial charge < -0.3 is 18.4 Å². The Morgan fingerprint density at radius 2 is 1.22 bits per heavy atom. The minimum absolute atomic E-state index is 0. The molecule has 0 N–H and O–H groups in total. The monoisotopic (exact) mass is 1110 g/mol. The Kier molecular flexibility index (Phi) is 12.0. The van der Waals surface area contributed by atoms with Gasteiger partial charge >= 0.3 is 0 Å². The van der Waals surface area contributed by atoms with Crippen LogP contribution in [-0.2, 0) is 25.5 Å². The third-order valence-electron chi connectivity index (χ3n) is 14.0. The van der Waals surface area contributed by atoms with Crippen molar-refractivity contribution in [1.82, 2.24) is 14.5 Å². The van der Waals surface area contributed by atoms with Gasteiger partial charge in [0.25, 0.3) is 0 Å². The van der Waals surface area contributed by atoms with Gasteiger partial charge in [-0.15, -0.1) is 54.1 Å². The van der Waals surface area contributed by atoms with E-state index in [0.717, 1.165) is 89.0 Å². The molecule has 1 radical (unpaired) electrons. The van der Waals surface area contributed by atoms with Crippen molar-refractivity contribution < 1.29 is 28.9 Å². The largest absolute Gasteiger partial charge is 0.501 e. The first kappa shape index (κ1) is 46.7. The fourth-order valence-electron chi connectivity index (χ4n) is 10.3. The number of fused-ring (bicyclic) bond motifs is 10. The zero-order valence-electron chi connectivity index (χ0n) is 41.5. The summed E-state index contributed by atoms with van der Waals surface area (Å²) in [5, 5.41) is 10.4. The molecule has 0 atom stereocenters. The van der Waals surface area contributed by atoms with Crippen LogP contribution in [0.5, 0.6) is 0 Å². The van der Waals surface area contributed by atoms with Gasteiger partial charge in [0.05, 0.1) is 22.4 Å². The maximum absolute atomic E-state index is 6.93. The third-order valence-corrected chi connectivity index (χ3v) is 14.0. The molecular formula is C66H53IrN3O2-2. The molecule has 0 saturated heterocycles. The SMILES string of the molecule is CC(C)(C)c1ccc(-c2[c-]cccc2)nc1.CC(C)c1cc(-c2cc3ccccc3o2)cc(C(C)C)c1-n1c(-c2[c-]ccc3c2oc2cc4c(ccc5ccccc54)cc23)nc2ccc3ccccc3c21.[Ir]. The van der Waals surface area contributed by atoms with Crippen LogP contribution in [0.4, 0.5) is 0 Å². The van der Waals surface area contributed by atoms with Gasteiger partial charge in [0.15, 0.2) is 0 Å². The topological polar surface area (TPSA) is 57.0 Å². The van der Waals surface area contributed by atoms with E-state index in [0.29, 0.717) is 0 Å². The maximum Gasteiger partial charge on any atom is 0.135 e. The molecule has 4 aromatic heterocycles. The number of para-hydroxylation sites is 1. The molecule has 0 saturated carbocycles. The summed E-state index contributed by atoms with van der Waals surface area (Å²) in [5.41, 5.74) is 13.5. The van der Waals surface area contributed by atoms with Crippen molar-refractivity contribution in [2.75, 3.05) is 0 Å². The number of imidazole rings is 1. The molecule has 0 bridgehead atoms. The predicted octanol–water partition coefficient (Wildman–Crippen LogP) is 18.4. The zero-order valence-corrected chi connectivity index (χ0v) is 43.9. The van der Waals surface area contributed by atoms with Gasteiger partial charge in [0.2, 0.25) is 0 Å². The molecule has 9 aromatic carbocycles. The summed E-state index contributed by atoms with van der Waals surface area (Å²) in [7, 11) is 0. The van der Waals surface area contributed by atoms with Crippen LogP contribution >= 0.6 is 0 Å². The van der Waals surface area contributed by atoms with Crippen molar-refractivity contribution in [3.63, 3.8) is 0 Å². The molecule has 13 rings (SSSR count). The molecule has 5 nitrogen and oxygen atoms in total. The van der Waals surface area contributed by atoms with E-state index < -0.39 is 0 Å². The normalized spacial score (nSPS) is 12.0. The van der Waals surface area contributed by atoms with Crippen molar-refractivity contribution in [3.05, 3.63) is 211 Å². The first-order chi connectivity index (χ1) is 34.5. The van der Waals surface area contributed by atoms with E-state index in [1.807, 2.05) is 48.7 Å². The Bertz CT molecular complexity index is 4090. The Morgan fingerprint density at radius 3 is 1.92 bits per heavy atom. The van der Waals surface area contributed by atoms with Gasteiger partial charge in [0, 0.05) is 53.7 Å². The van der Waals surface area contributed by atoms with Crippen LogP contribution in [0.25, 0.3) is 116 Å². The first-order valence-electron chi connectivity index (χ1n) is 24.7. The Labute approximate surface area is 433 Å². The zero-order chi connectivity index (χ0) is 48.5. The minimum Gasteiger partial charge on any atom is -0.501 e. The summed E-state index contributed by atoms with van der Waals surface area (Å²) < 4.78 is 15.8. The molecule has 13 aromatic rings. The molecule has 0 aliphatic rings. The second kappa shape index (κ2) is 18.5. The first-order valence-corrected chi connectivity index (χ1v) is 24.7. The van der Waals surface area contributed by atoms with Gasteiger partial charge in [-0.2, -0.15) is 0 Å². The van der Waals surface area contributed by atoms with Crippen LogP contribution in [0.3, 0.4) is 0 Å². The van der Waals surface area contributed by atoms with Crippen molar-refractivity contribution in [3.8, 4) is 39.7 Å². The van der Waals surface area contributed by atoms with Gasteiger partial charge in [-0.25, -0.2) is 0 Å². The molecular weight excluding hydrogens is 1060 g/mol. The second-order valence-corrected chi connectivity index (χ2v) is 20.4. The number of hydrogen-bond donors (Lipinski definition) is 0. The summed E-state index contributed by atoms with van der Waals surface area (Å²) in [6.07, 6.45) is 1.95. The molecule has 6 heteroatoms.